The van der Waals surface area contributed by atoms with Crippen molar-refractivity contribution in [1.82, 2.24) is 4.90 Å². The minimum atomic E-state index is 0.0505. The maximum absolute atomic E-state index is 13.4. The van der Waals surface area contributed by atoms with E-state index in [1.165, 1.54) is 36.6 Å². The Morgan fingerprint density at radius 2 is 1.83 bits per heavy atom. The quantitative estimate of drug-likeness (QED) is 0.503. The molecule has 2 aromatic rings. The maximum Gasteiger partial charge on any atom is 0.267 e. The summed E-state index contributed by atoms with van der Waals surface area (Å²) in [4.78, 5) is 21.0. The molecule has 0 bridgehead atoms. The van der Waals surface area contributed by atoms with E-state index in [-0.39, 0.29) is 11.9 Å². The van der Waals surface area contributed by atoms with Crippen LogP contribution in [-0.4, -0.2) is 22.0 Å². The van der Waals surface area contributed by atoms with Crippen LogP contribution in [0.15, 0.2) is 58.4 Å². The van der Waals surface area contributed by atoms with Crippen LogP contribution in [0.4, 0.5) is 5.69 Å². The van der Waals surface area contributed by atoms with Gasteiger partial charge < -0.3 is 0 Å². The average molecular weight is 425 g/mol. The fourth-order valence-corrected chi connectivity index (χ4v) is 5.21. The molecule has 1 heterocycles. The van der Waals surface area contributed by atoms with Crippen LogP contribution in [0.2, 0.25) is 5.02 Å². The lowest BCUT2D eigenvalue weighted by molar-refractivity contribution is -0.124. The molecule has 1 saturated heterocycles. The highest BCUT2D eigenvalue weighted by Crippen LogP contribution is 2.39. The average Bonchev–Trinajstić information content (AvgIpc) is 3.05. The fraction of sp³-hybridized carbons (Fsp3) is 0.333. The van der Waals surface area contributed by atoms with Gasteiger partial charge in [-0.05, 0) is 60.4 Å². The zero-order valence-corrected chi connectivity index (χ0v) is 18.2. The predicted molar refractivity (Wildman–Crippen MR) is 124 cm³/mol. The second-order valence-electron chi connectivity index (χ2n) is 7.48. The van der Waals surface area contributed by atoms with Gasteiger partial charge in [-0.3, -0.25) is 9.69 Å². The summed E-state index contributed by atoms with van der Waals surface area (Å²) in [5.74, 6) is 0.0505. The third-order valence-electron chi connectivity index (χ3n) is 5.56. The summed E-state index contributed by atoms with van der Waals surface area (Å²) in [5, 5.41) is 1.44. The summed E-state index contributed by atoms with van der Waals surface area (Å²) in [7, 11) is 0. The molecule has 0 unspecified atom stereocenters. The largest absolute Gasteiger partial charge is 0.283 e. The van der Waals surface area contributed by atoms with Gasteiger partial charge in [0.25, 0.3) is 5.91 Å². The SMILES string of the molecule is CCc1ccccc1N=C1S/C(=C/c2ccccc2Cl)C(=O)N1C1CCCCC1. The summed E-state index contributed by atoms with van der Waals surface area (Å²) in [6.07, 6.45) is 8.49. The van der Waals surface area contributed by atoms with Crippen molar-refractivity contribution in [3.05, 3.63) is 69.6 Å². The van der Waals surface area contributed by atoms with Crippen LogP contribution in [0.25, 0.3) is 6.08 Å². The van der Waals surface area contributed by atoms with E-state index in [1.807, 2.05) is 53.4 Å². The zero-order valence-electron chi connectivity index (χ0n) is 16.6. The smallest absolute Gasteiger partial charge is 0.267 e. The normalized spacial score (nSPS) is 20.8. The number of hydrogen-bond acceptors (Lipinski definition) is 3. The molecule has 1 saturated carbocycles. The zero-order chi connectivity index (χ0) is 20.2. The highest BCUT2D eigenvalue weighted by atomic mass is 35.5. The number of carbonyl (C=O) groups excluding carboxylic acids is 1. The fourth-order valence-electron chi connectivity index (χ4n) is 3.98. The van der Waals surface area contributed by atoms with Crippen LogP contribution in [-0.2, 0) is 11.2 Å². The third kappa shape index (κ3) is 4.44. The molecule has 0 radical (unpaired) electrons. The number of carbonyl (C=O) groups is 1. The maximum atomic E-state index is 13.4. The molecule has 2 aromatic carbocycles. The van der Waals surface area contributed by atoms with Gasteiger partial charge in [0.05, 0.1) is 10.6 Å². The van der Waals surface area contributed by atoms with Gasteiger partial charge >= 0.3 is 0 Å². The molecule has 1 amide bonds. The summed E-state index contributed by atoms with van der Waals surface area (Å²) in [5.41, 5.74) is 3.01. The van der Waals surface area contributed by atoms with E-state index in [0.717, 1.165) is 35.7 Å². The Bertz CT molecular complexity index is 963. The van der Waals surface area contributed by atoms with E-state index < -0.39 is 0 Å². The van der Waals surface area contributed by atoms with Crippen LogP contribution in [0, 0.1) is 0 Å². The van der Waals surface area contributed by atoms with Gasteiger partial charge in [-0.15, -0.1) is 0 Å². The van der Waals surface area contributed by atoms with Crippen molar-refractivity contribution >= 4 is 46.2 Å². The lowest BCUT2D eigenvalue weighted by Gasteiger charge is -2.30. The molecule has 0 spiro atoms. The van der Waals surface area contributed by atoms with E-state index in [4.69, 9.17) is 16.6 Å². The molecule has 3 nitrogen and oxygen atoms in total. The Balaban J connectivity index is 1.74. The first-order valence-corrected chi connectivity index (χ1v) is 11.5. The van der Waals surface area contributed by atoms with Crippen molar-refractivity contribution in [2.45, 2.75) is 51.5 Å². The van der Waals surface area contributed by atoms with Crippen molar-refractivity contribution in [2.24, 2.45) is 4.99 Å². The number of halogens is 1. The van der Waals surface area contributed by atoms with E-state index >= 15 is 0 Å². The molecule has 29 heavy (non-hydrogen) atoms. The number of amides is 1. The molecule has 150 valence electrons. The number of benzene rings is 2. The van der Waals surface area contributed by atoms with Crippen LogP contribution in [0.5, 0.6) is 0 Å². The Morgan fingerprint density at radius 3 is 2.59 bits per heavy atom. The highest BCUT2D eigenvalue weighted by Gasteiger charge is 2.38. The lowest BCUT2D eigenvalue weighted by atomic mass is 9.94. The molecule has 0 N–H and O–H groups in total. The number of hydrogen-bond donors (Lipinski definition) is 0. The van der Waals surface area contributed by atoms with Crippen molar-refractivity contribution in [1.29, 1.82) is 0 Å². The van der Waals surface area contributed by atoms with Crippen LogP contribution >= 0.6 is 23.4 Å². The number of thioether (sulfide) groups is 1. The number of rotatable bonds is 4. The molecule has 2 fully saturated rings. The van der Waals surface area contributed by atoms with Crippen molar-refractivity contribution in [2.75, 3.05) is 0 Å². The van der Waals surface area contributed by atoms with Crippen LogP contribution < -0.4 is 0 Å². The standard InChI is InChI=1S/C24H25ClN2OS/c1-2-17-10-7-9-15-21(17)26-24-27(19-12-4-3-5-13-19)23(28)22(29-24)16-18-11-6-8-14-20(18)25/h6-11,14-16,19H,2-5,12-13H2,1H3/b22-16+,26-24?. The van der Waals surface area contributed by atoms with Crippen molar-refractivity contribution in [3.63, 3.8) is 0 Å². The first-order chi connectivity index (χ1) is 14.2. The van der Waals surface area contributed by atoms with Crippen molar-refractivity contribution < 1.29 is 4.79 Å². The van der Waals surface area contributed by atoms with E-state index in [9.17, 15) is 4.79 Å². The topological polar surface area (TPSA) is 32.7 Å². The van der Waals surface area contributed by atoms with E-state index in [2.05, 4.69) is 13.0 Å². The van der Waals surface area contributed by atoms with E-state index in [0.29, 0.717) is 9.93 Å². The second-order valence-corrected chi connectivity index (χ2v) is 8.89. The first-order valence-electron chi connectivity index (χ1n) is 10.3. The number of aliphatic imine (C=N–C) groups is 1. The predicted octanol–water partition coefficient (Wildman–Crippen LogP) is 6.84. The molecule has 2 aliphatic rings. The van der Waals surface area contributed by atoms with E-state index in [1.54, 1.807) is 0 Å². The third-order valence-corrected chi connectivity index (χ3v) is 6.88. The van der Waals surface area contributed by atoms with Gasteiger partial charge in [-0.25, -0.2) is 4.99 Å². The van der Waals surface area contributed by atoms with Gasteiger partial charge in [0, 0.05) is 11.1 Å². The molecule has 5 heteroatoms. The molecule has 1 aliphatic carbocycles. The summed E-state index contributed by atoms with van der Waals surface area (Å²) < 4.78 is 0. The Morgan fingerprint density at radius 1 is 1.10 bits per heavy atom. The molecule has 0 aromatic heterocycles. The minimum absolute atomic E-state index is 0.0505. The summed E-state index contributed by atoms with van der Waals surface area (Å²) >= 11 is 7.80. The summed E-state index contributed by atoms with van der Waals surface area (Å²) in [6.45, 7) is 2.13. The Hall–Kier alpha value is -2.04. The Kier molecular flexibility index (Phi) is 6.41. The minimum Gasteiger partial charge on any atom is -0.283 e. The monoisotopic (exact) mass is 424 g/mol. The van der Waals surface area contributed by atoms with Gasteiger partial charge in [-0.1, -0.05) is 74.2 Å². The van der Waals surface area contributed by atoms with Gasteiger partial charge in [-0.2, -0.15) is 0 Å². The van der Waals surface area contributed by atoms with Gasteiger partial charge in [0.1, 0.15) is 0 Å². The number of para-hydroxylation sites is 1. The summed E-state index contributed by atoms with van der Waals surface area (Å²) in [6, 6.07) is 16.0. The molecular weight excluding hydrogens is 400 g/mol. The molecular formula is C24H25ClN2OS. The first kappa shape index (κ1) is 20.2. The molecule has 0 atom stereocenters. The van der Waals surface area contributed by atoms with Crippen molar-refractivity contribution in [3.8, 4) is 0 Å². The lowest BCUT2D eigenvalue weighted by Crippen LogP contribution is -2.40. The van der Waals surface area contributed by atoms with Crippen LogP contribution in [0.3, 0.4) is 0 Å². The molecule has 1 aliphatic heterocycles. The number of nitrogens with zero attached hydrogens (tertiary/aromatic N) is 2. The van der Waals surface area contributed by atoms with Gasteiger partial charge in [0.2, 0.25) is 0 Å². The Labute approximate surface area is 181 Å². The number of aryl methyl sites for hydroxylation is 1. The molecule has 4 rings (SSSR count). The highest BCUT2D eigenvalue weighted by molar-refractivity contribution is 8.18. The number of amidine groups is 1. The van der Waals surface area contributed by atoms with Gasteiger partial charge in [0.15, 0.2) is 5.17 Å². The second kappa shape index (κ2) is 9.19. The van der Waals surface area contributed by atoms with Crippen LogP contribution in [0.1, 0.15) is 50.2 Å².